The van der Waals surface area contributed by atoms with E-state index in [9.17, 15) is 4.79 Å². The maximum Gasteiger partial charge on any atom is 0.410 e. The van der Waals surface area contributed by atoms with Gasteiger partial charge in [0.25, 0.3) is 0 Å². The maximum atomic E-state index is 11.9. The number of hydrogen-bond acceptors (Lipinski definition) is 4. The average molecular weight is 268 g/mol. The third-order valence-electron chi connectivity index (χ3n) is 4.98. The van der Waals surface area contributed by atoms with Gasteiger partial charge in [0, 0.05) is 38.8 Å². The third-order valence-corrected chi connectivity index (χ3v) is 4.98. The van der Waals surface area contributed by atoms with Crippen molar-refractivity contribution in [1.29, 1.82) is 0 Å². The Morgan fingerprint density at radius 2 is 2.05 bits per heavy atom. The second kappa shape index (κ2) is 5.29. The molecule has 4 aliphatic rings. The normalized spacial score (nSPS) is 35.3. The van der Waals surface area contributed by atoms with Crippen LogP contribution in [-0.4, -0.2) is 67.4 Å². The molecule has 0 aromatic rings. The number of hydrogen-bond donors (Lipinski definition) is 0. The molecular weight excluding hydrogens is 244 g/mol. The number of ether oxygens (including phenoxy) is 2. The number of likely N-dealkylation sites (tertiary alicyclic amines) is 1. The van der Waals surface area contributed by atoms with Crippen LogP contribution in [0.3, 0.4) is 0 Å². The van der Waals surface area contributed by atoms with Gasteiger partial charge in [-0.2, -0.15) is 0 Å². The Bertz CT molecular complexity index is 344. The van der Waals surface area contributed by atoms with Gasteiger partial charge in [0.1, 0.15) is 0 Å². The van der Waals surface area contributed by atoms with E-state index in [1.807, 2.05) is 11.8 Å². The molecule has 3 saturated heterocycles. The fourth-order valence-corrected chi connectivity index (χ4v) is 3.85. The van der Waals surface area contributed by atoms with Gasteiger partial charge in [-0.1, -0.05) is 0 Å². The van der Waals surface area contributed by atoms with Gasteiger partial charge in [-0.05, 0) is 32.1 Å². The first-order chi connectivity index (χ1) is 9.22. The molecule has 5 nitrogen and oxygen atoms in total. The number of nitrogens with zero attached hydrogens (tertiary/aromatic N) is 2. The quantitative estimate of drug-likeness (QED) is 0.774. The summed E-state index contributed by atoms with van der Waals surface area (Å²) in [7, 11) is 1.79. The Kier molecular flexibility index (Phi) is 3.67. The topological polar surface area (TPSA) is 42.0 Å². The lowest BCUT2D eigenvalue weighted by Gasteiger charge is -2.55. The van der Waals surface area contributed by atoms with Crippen molar-refractivity contribution in [3.05, 3.63) is 0 Å². The molecule has 0 aromatic carbocycles. The second-order valence-corrected chi connectivity index (χ2v) is 5.96. The van der Waals surface area contributed by atoms with Gasteiger partial charge in [0.05, 0.1) is 12.7 Å². The van der Waals surface area contributed by atoms with Crippen molar-refractivity contribution in [3.8, 4) is 0 Å². The molecule has 3 heterocycles. The van der Waals surface area contributed by atoms with E-state index in [1.165, 1.54) is 6.42 Å². The van der Waals surface area contributed by atoms with Gasteiger partial charge < -0.3 is 14.4 Å². The van der Waals surface area contributed by atoms with Gasteiger partial charge in [0.2, 0.25) is 0 Å². The lowest BCUT2D eigenvalue weighted by atomic mass is 9.74. The Morgan fingerprint density at radius 1 is 1.26 bits per heavy atom. The van der Waals surface area contributed by atoms with Crippen molar-refractivity contribution in [1.82, 2.24) is 9.80 Å². The van der Waals surface area contributed by atoms with E-state index >= 15 is 0 Å². The Balaban J connectivity index is 1.58. The summed E-state index contributed by atoms with van der Waals surface area (Å²) in [5.74, 6) is 0.618. The summed E-state index contributed by atoms with van der Waals surface area (Å²) in [4.78, 5) is 16.4. The molecule has 19 heavy (non-hydrogen) atoms. The van der Waals surface area contributed by atoms with Gasteiger partial charge >= 0.3 is 6.09 Å². The summed E-state index contributed by atoms with van der Waals surface area (Å²) in [5, 5.41) is 0. The summed E-state index contributed by atoms with van der Waals surface area (Å²) >= 11 is 0. The minimum absolute atomic E-state index is 0.117. The van der Waals surface area contributed by atoms with Crippen molar-refractivity contribution in [2.45, 2.75) is 44.4 Å². The predicted molar refractivity (Wildman–Crippen MR) is 71.0 cm³/mol. The Labute approximate surface area is 114 Å². The number of methoxy groups -OCH3 is 1. The first-order valence-corrected chi connectivity index (χ1v) is 7.43. The van der Waals surface area contributed by atoms with E-state index in [2.05, 4.69) is 4.90 Å². The number of piperidine rings is 2. The molecule has 4 rings (SSSR count). The highest BCUT2D eigenvalue weighted by Gasteiger charge is 2.47. The van der Waals surface area contributed by atoms with Crippen molar-refractivity contribution in [2.75, 3.05) is 33.4 Å². The van der Waals surface area contributed by atoms with Crippen molar-refractivity contribution in [2.24, 2.45) is 5.92 Å². The largest absolute Gasteiger partial charge is 0.450 e. The summed E-state index contributed by atoms with van der Waals surface area (Å²) < 4.78 is 10.5. The van der Waals surface area contributed by atoms with E-state index in [4.69, 9.17) is 9.47 Å². The molecule has 1 saturated carbocycles. The van der Waals surface area contributed by atoms with Gasteiger partial charge in [-0.15, -0.1) is 0 Å². The SMILES string of the molecule is CCOC(=O)N1CC2CCC1CC2N1CC(OC)C1. The molecule has 0 radical (unpaired) electrons. The predicted octanol–water partition coefficient (Wildman–Crippen LogP) is 1.33. The second-order valence-electron chi connectivity index (χ2n) is 5.96. The van der Waals surface area contributed by atoms with E-state index in [0.717, 1.165) is 32.5 Å². The van der Waals surface area contributed by atoms with E-state index < -0.39 is 0 Å². The molecule has 0 aromatic heterocycles. The van der Waals surface area contributed by atoms with Crippen LogP contribution >= 0.6 is 0 Å². The minimum Gasteiger partial charge on any atom is -0.450 e. The van der Waals surface area contributed by atoms with Crippen LogP contribution in [0.1, 0.15) is 26.2 Å². The summed E-state index contributed by atoms with van der Waals surface area (Å²) in [6, 6.07) is 1.03. The average Bonchev–Trinajstić information content (AvgIpc) is 2.38. The molecule has 3 atom stereocenters. The molecular formula is C14H24N2O3. The molecule has 1 aliphatic carbocycles. The smallest absolute Gasteiger partial charge is 0.410 e. The first kappa shape index (κ1) is 13.2. The fourth-order valence-electron chi connectivity index (χ4n) is 3.85. The third kappa shape index (κ3) is 2.34. The molecule has 0 spiro atoms. The Morgan fingerprint density at radius 3 is 2.63 bits per heavy atom. The summed E-state index contributed by atoms with van der Waals surface area (Å²) in [6.45, 7) is 5.33. The zero-order valence-electron chi connectivity index (χ0n) is 11.9. The molecule has 3 aliphatic heterocycles. The van der Waals surface area contributed by atoms with E-state index in [0.29, 0.717) is 30.7 Å². The van der Waals surface area contributed by atoms with E-state index in [1.54, 1.807) is 7.11 Å². The van der Waals surface area contributed by atoms with Crippen LogP contribution in [0.5, 0.6) is 0 Å². The Hall–Kier alpha value is -0.810. The maximum absolute atomic E-state index is 11.9. The van der Waals surface area contributed by atoms with Crippen LogP contribution in [0.2, 0.25) is 0 Å². The van der Waals surface area contributed by atoms with Gasteiger partial charge in [-0.3, -0.25) is 4.90 Å². The monoisotopic (exact) mass is 268 g/mol. The standard InChI is InChI=1S/C14H24N2O3/c1-3-19-14(17)16-7-10-4-5-11(16)6-13(10)15-8-12(9-15)18-2/h10-13H,3-9H2,1-2H3. The summed E-state index contributed by atoms with van der Waals surface area (Å²) in [5.41, 5.74) is 0. The number of amides is 1. The molecule has 5 heteroatoms. The minimum atomic E-state index is -0.117. The van der Waals surface area contributed by atoms with Crippen molar-refractivity contribution < 1.29 is 14.3 Å². The van der Waals surface area contributed by atoms with Gasteiger partial charge in [-0.25, -0.2) is 4.79 Å². The number of carbonyl (C=O) groups excluding carboxylic acids is 1. The number of rotatable bonds is 3. The zero-order chi connectivity index (χ0) is 13.4. The number of carbonyl (C=O) groups is 1. The van der Waals surface area contributed by atoms with Crippen molar-refractivity contribution >= 4 is 6.09 Å². The molecule has 1 amide bonds. The lowest BCUT2D eigenvalue weighted by Crippen LogP contribution is -2.65. The lowest BCUT2D eigenvalue weighted by molar-refractivity contribution is -0.0979. The fraction of sp³-hybridized carbons (Fsp3) is 0.929. The van der Waals surface area contributed by atoms with Crippen LogP contribution in [0, 0.1) is 5.92 Å². The molecule has 4 fully saturated rings. The van der Waals surface area contributed by atoms with Gasteiger partial charge in [0.15, 0.2) is 0 Å². The van der Waals surface area contributed by atoms with Crippen LogP contribution in [0.15, 0.2) is 0 Å². The number of fused-ring (bicyclic) bond motifs is 3. The molecule has 3 unspecified atom stereocenters. The highest BCUT2D eigenvalue weighted by molar-refractivity contribution is 5.68. The summed E-state index contributed by atoms with van der Waals surface area (Å²) in [6.07, 6.45) is 3.80. The first-order valence-electron chi connectivity index (χ1n) is 7.43. The molecule has 108 valence electrons. The highest BCUT2D eigenvalue weighted by Crippen LogP contribution is 2.39. The van der Waals surface area contributed by atoms with E-state index in [-0.39, 0.29) is 6.09 Å². The van der Waals surface area contributed by atoms with Crippen molar-refractivity contribution in [3.63, 3.8) is 0 Å². The molecule has 2 bridgehead atoms. The van der Waals surface area contributed by atoms with Crippen LogP contribution in [0.4, 0.5) is 4.79 Å². The van der Waals surface area contributed by atoms with Crippen LogP contribution < -0.4 is 0 Å². The molecule has 0 N–H and O–H groups in total. The van der Waals surface area contributed by atoms with Crippen LogP contribution in [-0.2, 0) is 9.47 Å². The highest BCUT2D eigenvalue weighted by atomic mass is 16.6. The zero-order valence-corrected chi connectivity index (χ0v) is 11.9. The van der Waals surface area contributed by atoms with Crippen LogP contribution in [0.25, 0.3) is 0 Å².